The van der Waals surface area contributed by atoms with Crippen molar-refractivity contribution in [2.24, 2.45) is 11.8 Å². The number of carbonyl (C=O) groups excluding carboxylic acids is 1. The van der Waals surface area contributed by atoms with Gasteiger partial charge < -0.3 is 15.2 Å². The number of halogens is 2. The molecule has 0 radical (unpaired) electrons. The van der Waals surface area contributed by atoms with Gasteiger partial charge in [0.15, 0.2) is 6.61 Å². The molecule has 1 saturated carbocycles. The number of rotatable bonds is 6. The first-order chi connectivity index (χ1) is 10.1. The number of amides is 1. The van der Waals surface area contributed by atoms with Crippen LogP contribution in [0.2, 0.25) is 10.0 Å². The van der Waals surface area contributed by atoms with E-state index in [9.17, 15) is 9.90 Å². The lowest BCUT2D eigenvalue weighted by molar-refractivity contribution is -0.123. The lowest BCUT2D eigenvalue weighted by Gasteiger charge is -2.17. The Bertz CT molecular complexity index is 496. The van der Waals surface area contributed by atoms with Crippen LogP contribution in [-0.4, -0.2) is 30.8 Å². The van der Waals surface area contributed by atoms with E-state index in [1.165, 1.54) is 0 Å². The van der Waals surface area contributed by atoms with Crippen molar-refractivity contribution >= 4 is 29.1 Å². The molecular weight excluding hydrogens is 313 g/mol. The summed E-state index contributed by atoms with van der Waals surface area (Å²) in [6.07, 6.45) is 3.21. The van der Waals surface area contributed by atoms with Crippen molar-refractivity contribution < 1.29 is 14.6 Å². The minimum atomic E-state index is -0.176. The zero-order valence-corrected chi connectivity index (χ0v) is 13.2. The quantitative estimate of drug-likeness (QED) is 0.842. The van der Waals surface area contributed by atoms with E-state index in [0.717, 1.165) is 19.3 Å². The molecule has 0 aliphatic heterocycles. The Morgan fingerprint density at radius 3 is 2.76 bits per heavy atom. The third-order valence-electron chi connectivity index (χ3n) is 3.87. The monoisotopic (exact) mass is 331 g/mol. The molecule has 1 aliphatic rings. The number of aliphatic hydroxyl groups is 1. The molecule has 21 heavy (non-hydrogen) atoms. The molecule has 1 fully saturated rings. The van der Waals surface area contributed by atoms with E-state index in [1.54, 1.807) is 18.2 Å². The van der Waals surface area contributed by atoms with Crippen LogP contribution in [0.25, 0.3) is 0 Å². The van der Waals surface area contributed by atoms with Gasteiger partial charge in [0.05, 0.1) is 10.0 Å². The molecule has 0 spiro atoms. The van der Waals surface area contributed by atoms with Gasteiger partial charge in [0, 0.05) is 19.2 Å². The molecule has 2 atom stereocenters. The Labute approximate surface area is 134 Å². The van der Waals surface area contributed by atoms with Crippen LogP contribution in [0.3, 0.4) is 0 Å². The van der Waals surface area contributed by atoms with Crippen LogP contribution in [0.4, 0.5) is 0 Å². The van der Waals surface area contributed by atoms with Crippen LogP contribution in [0.15, 0.2) is 18.2 Å². The van der Waals surface area contributed by atoms with Gasteiger partial charge in [-0.05, 0) is 36.8 Å². The van der Waals surface area contributed by atoms with Crippen molar-refractivity contribution in [3.63, 3.8) is 0 Å². The molecule has 0 bridgehead atoms. The molecule has 6 heteroatoms. The van der Waals surface area contributed by atoms with Gasteiger partial charge in [0.2, 0.25) is 0 Å². The fourth-order valence-electron chi connectivity index (χ4n) is 2.63. The predicted octanol–water partition coefficient (Wildman–Crippen LogP) is 2.90. The summed E-state index contributed by atoms with van der Waals surface area (Å²) in [6.45, 7) is 0.726. The normalized spacial score (nSPS) is 21.3. The second-order valence-corrected chi connectivity index (χ2v) is 6.12. The van der Waals surface area contributed by atoms with Gasteiger partial charge >= 0.3 is 0 Å². The topological polar surface area (TPSA) is 58.6 Å². The molecule has 0 saturated heterocycles. The third-order valence-corrected chi connectivity index (χ3v) is 4.61. The van der Waals surface area contributed by atoms with E-state index in [-0.39, 0.29) is 19.1 Å². The van der Waals surface area contributed by atoms with E-state index < -0.39 is 0 Å². The van der Waals surface area contributed by atoms with Crippen LogP contribution in [0.5, 0.6) is 5.75 Å². The largest absolute Gasteiger partial charge is 0.484 e. The molecule has 0 aromatic heterocycles. The lowest BCUT2D eigenvalue weighted by Crippen LogP contribution is -2.34. The molecule has 4 nitrogen and oxygen atoms in total. The lowest BCUT2D eigenvalue weighted by atomic mass is 9.97. The van der Waals surface area contributed by atoms with Crippen molar-refractivity contribution in [1.29, 1.82) is 0 Å². The Morgan fingerprint density at radius 2 is 2.05 bits per heavy atom. The maximum atomic E-state index is 11.8. The van der Waals surface area contributed by atoms with Gasteiger partial charge in [0.25, 0.3) is 5.91 Å². The summed E-state index contributed by atoms with van der Waals surface area (Å²) in [5.74, 6) is 1.00. The highest BCUT2D eigenvalue weighted by Crippen LogP contribution is 2.30. The molecular formula is C15H19Cl2NO3. The SMILES string of the molecule is O=C(COc1ccc(Cl)c(Cl)c1)NCC1CCCC1CO. The van der Waals surface area contributed by atoms with Crippen molar-refractivity contribution in [3.8, 4) is 5.75 Å². The van der Waals surface area contributed by atoms with Gasteiger partial charge in [-0.1, -0.05) is 29.6 Å². The summed E-state index contributed by atoms with van der Waals surface area (Å²) < 4.78 is 5.37. The Kier molecular flexibility index (Phi) is 6.15. The highest BCUT2D eigenvalue weighted by atomic mass is 35.5. The van der Waals surface area contributed by atoms with Crippen LogP contribution >= 0.6 is 23.2 Å². The average Bonchev–Trinajstić information content (AvgIpc) is 2.94. The fraction of sp³-hybridized carbons (Fsp3) is 0.533. The number of ether oxygens (including phenoxy) is 1. The number of hydrogen-bond donors (Lipinski definition) is 2. The molecule has 2 N–H and O–H groups in total. The molecule has 1 aliphatic carbocycles. The highest BCUT2D eigenvalue weighted by Gasteiger charge is 2.26. The predicted molar refractivity (Wildman–Crippen MR) is 82.9 cm³/mol. The molecule has 2 rings (SSSR count). The van der Waals surface area contributed by atoms with Gasteiger partial charge in [0.1, 0.15) is 5.75 Å². The Balaban J connectivity index is 1.73. The van der Waals surface area contributed by atoms with Gasteiger partial charge in [-0.25, -0.2) is 0 Å². The summed E-state index contributed by atoms with van der Waals surface area (Å²) in [6, 6.07) is 4.87. The number of nitrogens with one attached hydrogen (secondary N) is 1. The molecule has 1 aromatic carbocycles. The number of aliphatic hydroxyl groups excluding tert-OH is 1. The Hall–Kier alpha value is -0.970. The first kappa shape index (κ1) is 16.4. The van der Waals surface area contributed by atoms with Crippen molar-refractivity contribution in [3.05, 3.63) is 28.2 Å². The Morgan fingerprint density at radius 1 is 1.29 bits per heavy atom. The second kappa shape index (κ2) is 7.87. The van der Waals surface area contributed by atoms with Crippen molar-refractivity contribution in [2.45, 2.75) is 19.3 Å². The summed E-state index contributed by atoms with van der Waals surface area (Å²) >= 11 is 11.7. The maximum absolute atomic E-state index is 11.8. The van der Waals surface area contributed by atoms with E-state index >= 15 is 0 Å². The first-order valence-corrected chi connectivity index (χ1v) is 7.81. The zero-order chi connectivity index (χ0) is 15.2. The van der Waals surface area contributed by atoms with Gasteiger partial charge in [-0.3, -0.25) is 4.79 Å². The zero-order valence-electron chi connectivity index (χ0n) is 11.6. The summed E-state index contributed by atoms with van der Waals surface area (Å²) in [4.78, 5) is 11.8. The van der Waals surface area contributed by atoms with Crippen LogP contribution < -0.4 is 10.1 Å². The summed E-state index contributed by atoms with van der Waals surface area (Å²) in [5.41, 5.74) is 0. The van der Waals surface area contributed by atoms with E-state index in [0.29, 0.717) is 34.2 Å². The molecule has 116 valence electrons. The standard InChI is InChI=1S/C15H19Cl2NO3/c16-13-5-4-12(6-14(13)17)21-9-15(20)18-7-10-2-1-3-11(10)8-19/h4-6,10-11,19H,1-3,7-9H2,(H,18,20). The average molecular weight is 332 g/mol. The van der Waals surface area contributed by atoms with E-state index in [2.05, 4.69) is 5.32 Å². The van der Waals surface area contributed by atoms with Gasteiger partial charge in [-0.2, -0.15) is 0 Å². The summed E-state index contributed by atoms with van der Waals surface area (Å²) in [5, 5.41) is 12.9. The van der Waals surface area contributed by atoms with Crippen LogP contribution in [0, 0.1) is 11.8 Å². The first-order valence-electron chi connectivity index (χ1n) is 7.05. The summed E-state index contributed by atoms with van der Waals surface area (Å²) in [7, 11) is 0. The van der Waals surface area contributed by atoms with Crippen molar-refractivity contribution in [2.75, 3.05) is 19.8 Å². The van der Waals surface area contributed by atoms with Crippen LogP contribution in [0.1, 0.15) is 19.3 Å². The number of carbonyl (C=O) groups is 1. The molecule has 1 amide bonds. The number of hydrogen-bond acceptors (Lipinski definition) is 3. The van der Waals surface area contributed by atoms with E-state index in [4.69, 9.17) is 27.9 Å². The highest BCUT2D eigenvalue weighted by molar-refractivity contribution is 6.42. The smallest absolute Gasteiger partial charge is 0.257 e. The molecule has 0 heterocycles. The minimum absolute atomic E-state index is 0.0610. The second-order valence-electron chi connectivity index (χ2n) is 5.30. The number of benzene rings is 1. The molecule has 1 aromatic rings. The van der Waals surface area contributed by atoms with Gasteiger partial charge in [-0.15, -0.1) is 0 Å². The van der Waals surface area contributed by atoms with E-state index in [1.807, 2.05) is 0 Å². The molecule has 2 unspecified atom stereocenters. The fourth-order valence-corrected chi connectivity index (χ4v) is 2.92. The van der Waals surface area contributed by atoms with Crippen molar-refractivity contribution in [1.82, 2.24) is 5.32 Å². The van der Waals surface area contributed by atoms with Crippen LogP contribution in [-0.2, 0) is 4.79 Å². The maximum Gasteiger partial charge on any atom is 0.257 e. The third kappa shape index (κ3) is 4.77. The minimum Gasteiger partial charge on any atom is -0.484 e.